The van der Waals surface area contributed by atoms with Gasteiger partial charge >= 0.3 is 0 Å². The van der Waals surface area contributed by atoms with E-state index in [1.54, 1.807) is 12.1 Å². The maximum atomic E-state index is 14.7. The Labute approximate surface area is 152 Å². The zero-order chi connectivity index (χ0) is 18.7. The number of amides is 1. The fourth-order valence-electron chi connectivity index (χ4n) is 3.36. The minimum atomic E-state index is -0.718. The van der Waals surface area contributed by atoms with E-state index in [1.165, 1.54) is 6.07 Å². The molecule has 1 aliphatic heterocycles. The topological polar surface area (TPSA) is 67.6 Å². The largest absolute Gasteiger partial charge is 0.372 e. The molecule has 2 aromatic carbocycles. The maximum Gasteiger partial charge on any atom is 0.244 e. The quantitative estimate of drug-likeness (QED) is 0.863. The average Bonchev–Trinajstić information content (AvgIpc) is 2.59. The first-order valence-corrected chi connectivity index (χ1v) is 8.75. The SMILES string of the molecule is C[C@@H]1CN(c2ccc(N[C@@H](C(N)=O)c3ccccc3)cc2F)C[C@@H](C)O1. The van der Waals surface area contributed by atoms with Crippen molar-refractivity contribution in [2.24, 2.45) is 5.73 Å². The third-order valence-electron chi connectivity index (χ3n) is 4.44. The molecule has 2 aromatic rings. The molecule has 5 nitrogen and oxygen atoms in total. The minimum absolute atomic E-state index is 0.0493. The van der Waals surface area contributed by atoms with E-state index in [-0.39, 0.29) is 18.0 Å². The average molecular weight is 357 g/mol. The molecule has 1 fully saturated rings. The Morgan fingerprint density at radius 2 is 1.85 bits per heavy atom. The third kappa shape index (κ3) is 4.14. The summed E-state index contributed by atoms with van der Waals surface area (Å²) in [5, 5.41) is 3.03. The molecular weight excluding hydrogens is 333 g/mol. The first-order chi connectivity index (χ1) is 12.4. The molecule has 1 heterocycles. The molecule has 0 radical (unpaired) electrons. The van der Waals surface area contributed by atoms with E-state index in [0.717, 1.165) is 5.56 Å². The smallest absolute Gasteiger partial charge is 0.244 e. The van der Waals surface area contributed by atoms with E-state index in [4.69, 9.17) is 10.5 Å². The van der Waals surface area contributed by atoms with Crippen molar-refractivity contribution >= 4 is 17.3 Å². The van der Waals surface area contributed by atoms with Crippen LogP contribution < -0.4 is 16.0 Å². The predicted octanol–water partition coefficient (Wildman–Crippen LogP) is 3.08. The van der Waals surface area contributed by atoms with Crippen LogP contribution in [0, 0.1) is 5.82 Å². The number of rotatable bonds is 5. The number of hydrogen-bond donors (Lipinski definition) is 2. The maximum absolute atomic E-state index is 14.7. The van der Waals surface area contributed by atoms with Crippen LogP contribution in [0.1, 0.15) is 25.5 Å². The molecule has 0 spiro atoms. The summed E-state index contributed by atoms with van der Waals surface area (Å²) >= 11 is 0. The van der Waals surface area contributed by atoms with Gasteiger partial charge in [-0.1, -0.05) is 30.3 Å². The van der Waals surface area contributed by atoms with Crippen LogP contribution in [-0.4, -0.2) is 31.2 Å². The Morgan fingerprint density at radius 1 is 1.19 bits per heavy atom. The standard InChI is InChI=1S/C20H24FN3O2/c1-13-11-24(12-14(2)26-13)18-9-8-16(10-17(18)21)23-19(20(22)25)15-6-4-3-5-7-15/h3-10,13-14,19,23H,11-12H2,1-2H3,(H2,22,25)/t13-,14-,19-/m1/s1. The molecular formula is C20H24FN3O2. The van der Waals surface area contributed by atoms with Crippen molar-refractivity contribution in [2.75, 3.05) is 23.3 Å². The highest BCUT2D eigenvalue weighted by molar-refractivity contribution is 5.84. The van der Waals surface area contributed by atoms with Crippen molar-refractivity contribution in [2.45, 2.75) is 32.1 Å². The molecule has 0 saturated carbocycles. The Hall–Kier alpha value is -2.60. The molecule has 3 rings (SSSR count). The number of nitrogens with zero attached hydrogens (tertiary/aromatic N) is 1. The van der Waals surface area contributed by atoms with Crippen LogP contribution in [0.25, 0.3) is 0 Å². The molecule has 0 unspecified atom stereocenters. The van der Waals surface area contributed by atoms with Crippen LogP contribution in [-0.2, 0) is 9.53 Å². The second-order valence-electron chi connectivity index (χ2n) is 6.72. The number of hydrogen-bond acceptors (Lipinski definition) is 4. The second-order valence-corrected chi connectivity index (χ2v) is 6.72. The van der Waals surface area contributed by atoms with Crippen molar-refractivity contribution in [1.29, 1.82) is 0 Å². The zero-order valence-electron chi connectivity index (χ0n) is 15.0. The summed E-state index contributed by atoms with van der Waals surface area (Å²) < 4.78 is 20.4. The Kier molecular flexibility index (Phi) is 5.42. The van der Waals surface area contributed by atoms with Crippen molar-refractivity contribution in [3.63, 3.8) is 0 Å². The summed E-state index contributed by atoms with van der Waals surface area (Å²) in [5.41, 5.74) is 7.29. The fourth-order valence-corrected chi connectivity index (χ4v) is 3.36. The number of nitrogens with one attached hydrogen (secondary N) is 1. The van der Waals surface area contributed by atoms with Gasteiger partial charge in [-0.15, -0.1) is 0 Å². The number of nitrogens with two attached hydrogens (primary N) is 1. The van der Waals surface area contributed by atoms with Gasteiger partial charge in [-0.3, -0.25) is 4.79 Å². The van der Waals surface area contributed by atoms with Gasteiger partial charge in [0.1, 0.15) is 11.9 Å². The van der Waals surface area contributed by atoms with Crippen LogP contribution in [0.2, 0.25) is 0 Å². The number of ether oxygens (including phenoxy) is 1. The number of benzene rings is 2. The van der Waals surface area contributed by atoms with Crippen LogP contribution in [0.4, 0.5) is 15.8 Å². The lowest BCUT2D eigenvalue weighted by Gasteiger charge is -2.37. The predicted molar refractivity (Wildman–Crippen MR) is 101 cm³/mol. The summed E-state index contributed by atoms with van der Waals surface area (Å²) in [4.78, 5) is 13.8. The highest BCUT2D eigenvalue weighted by Gasteiger charge is 2.25. The summed E-state index contributed by atoms with van der Waals surface area (Å²) in [7, 11) is 0. The van der Waals surface area contributed by atoms with Crippen LogP contribution in [0.5, 0.6) is 0 Å². The molecule has 0 bridgehead atoms. The highest BCUT2D eigenvalue weighted by Crippen LogP contribution is 2.28. The van der Waals surface area contributed by atoms with Gasteiger partial charge in [-0.05, 0) is 37.6 Å². The number of anilines is 2. The molecule has 0 aliphatic carbocycles. The van der Waals surface area contributed by atoms with Gasteiger partial charge in [0.15, 0.2) is 0 Å². The second kappa shape index (κ2) is 7.74. The van der Waals surface area contributed by atoms with Gasteiger partial charge in [-0.25, -0.2) is 4.39 Å². The van der Waals surface area contributed by atoms with Gasteiger partial charge in [0.25, 0.3) is 0 Å². The van der Waals surface area contributed by atoms with Crippen molar-refractivity contribution in [3.05, 3.63) is 59.9 Å². The number of carbonyl (C=O) groups excluding carboxylic acids is 1. The van der Waals surface area contributed by atoms with E-state index in [0.29, 0.717) is 24.5 Å². The molecule has 3 N–H and O–H groups in total. The Morgan fingerprint density at radius 3 is 2.42 bits per heavy atom. The monoisotopic (exact) mass is 357 g/mol. The van der Waals surface area contributed by atoms with E-state index < -0.39 is 11.9 Å². The van der Waals surface area contributed by atoms with E-state index in [9.17, 15) is 9.18 Å². The molecule has 0 aromatic heterocycles. The lowest BCUT2D eigenvalue weighted by Crippen LogP contribution is -2.45. The molecule has 1 saturated heterocycles. The molecule has 1 amide bonds. The van der Waals surface area contributed by atoms with Gasteiger partial charge in [0.05, 0.1) is 17.9 Å². The van der Waals surface area contributed by atoms with E-state index in [2.05, 4.69) is 5.32 Å². The van der Waals surface area contributed by atoms with E-state index in [1.807, 2.05) is 49.1 Å². The molecule has 6 heteroatoms. The summed E-state index contributed by atoms with van der Waals surface area (Å²) in [5.74, 6) is -0.857. The fraction of sp³-hybridized carbons (Fsp3) is 0.350. The summed E-state index contributed by atoms with van der Waals surface area (Å²) in [6.07, 6.45) is 0.0987. The molecule has 1 aliphatic rings. The van der Waals surface area contributed by atoms with Crippen LogP contribution >= 0.6 is 0 Å². The van der Waals surface area contributed by atoms with Crippen LogP contribution in [0.3, 0.4) is 0 Å². The van der Waals surface area contributed by atoms with Gasteiger partial charge < -0.3 is 20.7 Å². The highest BCUT2D eigenvalue weighted by atomic mass is 19.1. The lowest BCUT2D eigenvalue weighted by molar-refractivity contribution is -0.118. The summed E-state index contributed by atoms with van der Waals surface area (Å²) in [6.45, 7) is 5.24. The number of primary amides is 1. The number of carbonyl (C=O) groups is 1. The molecule has 3 atom stereocenters. The van der Waals surface area contributed by atoms with Gasteiger partial charge in [-0.2, -0.15) is 0 Å². The first kappa shape index (κ1) is 18.2. The summed E-state index contributed by atoms with van der Waals surface area (Å²) in [6, 6.07) is 13.3. The van der Waals surface area contributed by atoms with Gasteiger partial charge in [0.2, 0.25) is 5.91 Å². The zero-order valence-corrected chi connectivity index (χ0v) is 15.0. The number of halogens is 1. The van der Waals surface area contributed by atoms with Gasteiger partial charge in [0, 0.05) is 18.8 Å². The molecule has 26 heavy (non-hydrogen) atoms. The van der Waals surface area contributed by atoms with Crippen LogP contribution in [0.15, 0.2) is 48.5 Å². The third-order valence-corrected chi connectivity index (χ3v) is 4.44. The van der Waals surface area contributed by atoms with Crippen molar-refractivity contribution < 1.29 is 13.9 Å². The van der Waals surface area contributed by atoms with Crippen molar-refractivity contribution in [1.82, 2.24) is 0 Å². The molecule has 138 valence electrons. The minimum Gasteiger partial charge on any atom is -0.372 e. The normalized spacial score (nSPS) is 21.3. The number of morpholine rings is 1. The Bertz CT molecular complexity index is 759. The van der Waals surface area contributed by atoms with E-state index >= 15 is 0 Å². The van der Waals surface area contributed by atoms with Crippen molar-refractivity contribution in [3.8, 4) is 0 Å². The first-order valence-electron chi connectivity index (χ1n) is 8.75. The Balaban J connectivity index is 1.79. The lowest BCUT2D eigenvalue weighted by atomic mass is 10.1.